The summed E-state index contributed by atoms with van der Waals surface area (Å²) in [6.07, 6.45) is 1.36. The topological polar surface area (TPSA) is 21.3 Å². The first-order valence-corrected chi connectivity index (χ1v) is 6.58. The molecule has 0 radical (unpaired) electrons. The number of ether oxygens (including phenoxy) is 1. The molecule has 0 amide bonds. The largest absolute Gasteiger partial charge is 0.379 e. The molecule has 1 saturated heterocycles. The van der Waals surface area contributed by atoms with Crippen molar-refractivity contribution in [1.29, 1.82) is 0 Å². The molecule has 1 aromatic rings. The maximum atomic E-state index is 5.52. The van der Waals surface area contributed by atoms with Gasteiger partial charge in [-0.1, -0.05) is 15.9 Å². The smallest absolute Gasteiger partial charge is 0.0748 e. The number of hydrogen-bond donors (Lipinski definition) is 1. The average Bonchev–Trinajstić information content (AvgIpc) is 2.58. The van der Waals surface area contributed by atoms with E-state index >= 15 is 0 Å². The van der Waals surface area contributed by atoms with Gasteiger partial charge in [-0.3, -0.25) is 0 Å². The molecule has 2 rings (SSSR count). The Labute approximate surface area is 107 Å². The summed E-state index contributed by atoms with van der Waals surface area (Å²) in [6, 6.07) is 6.54. The molecule has 82 valence electrons. The summed E-state index contributed by atoms with van der Waals surface area (Å²) in [6.45, 7) is 2.96. The number of benzene rings is 1. The first-order valence-electron chi connectivity index (χ1n) is 5.00. The third-order valence-corrected chi connectivity index (χ3v) is 3.83. The molecule has 2 unspecified atom stereocenters. The quantitative estimate of drug-likeness (QED) is 0.888. The molecule has 4 heteroatoms. The fourth-order valence-corrected chi connectivity index (χ4v) is 2.45. The molecule has 0 bridgehead atoms. The molecule has 1 heterocycles. The summed E-state index contributed by atoms with van der Waals surface area (Å²) in [5.41, 5.74) is 1.12. The molecule has 0 aliphatic carbocycles. The third-order valence-electron chi connectivity index (χ3n) is 2.65. The zero-order chi connectivity index (χ0) is 10.8. The molecule has 1 fully saturated rings. The second-order valence-electron chi connectivity index (χ2n) is 3.74. The van der Waals surface area contributed by atoms with Gasteiger partial charge in [-0.15, -0.1) is 0 Å². The van der Waals surface area contributed by atoms with Crippen LogP contribution < -0.4 is 5.32 Å². The van der Waals surface area contributed by atoms with Crippen molar-refractivity contribution in [1.82, 2.24) is 0 Å². The van der Waals surface area contributed by atoms with Gasteiger partial charge >= 0.3 is 0 Å². The van der Waals surface area contributed by atoms with Crippen LogP contribution >= 0.6 is 31.9 Å². The van der Waals surface area contributed by atoms with Crippen LogP contribution in [0.2, 0.25) is 0 Å². The van der Waals surface area contributed by atoms with Crippen molar-refractivity contribution in [2.24, 2.45) is 0 Å². The van der Waals surface area contributed by atoms with Gasteiger partial charge in [0.1, 0.15) is 0 Å². The van der Waals surface area contributed by atoms with E-state index in [0.29, 0.717) is 6.04 Å². The van der Waals surface area contributed by atoms with E-state index in [1.807, 2.05) is 12.1 Å². The molecule has 15 heavy (non-hydrogen) atoms. The lowest BCUT2D eigenvalue weighted by Gasteiger charge is -2.18. The molecule has 1 aliphatic rings. The predicted molar refractivity (Wildman–Crippen MR) is 69.3 cm³/mol. The highest BCUT2D eigenvalue weighted by atomic mass is 79.9. The standard InChI is InChI=1S/C11H13Br2NO/c1-7-10(4-5-15-7)14-11-6-8(12)2-3-9(11)13/h2-3,6-7,10,14H,4-5H2,1H3. The van der Waals surface area contributed by atoms with Crippen LogP contribution in [-0.4, -0.2) is 18.8 Å². The van der Waals surface area contributed by atoms with Gasteiger partial charge in [-0.05, 0) is 47.5 Å². The summed E-state index contributed by atoms with van der Waals surface area (Å²) in [4.78, 5) is 0. The lowest BCUT2D eigenvalue weighted by atomic mass is 10.1. The van der Waals surface area contributed by atoms with Gasteiger partial charge in [0.15, 0.2) is 0 Å². The molecule has 0 aromatic heterocycles. The van der Waals surface area contributed by atoms with E-state index in [4.69, 9.17) is 4.74 Å². The molecule has 0 saturated carbocycles. The molecule has 1 N–H and O–H groups in total. The first kappa shape index (κ1) is 11.4. The Kier molecular flexibility index (Phi) is 3.69. The van der Waals surface area contributed by atoms with Crippen LogP contribution in [0.1, 0.15) is 13.3 Å². The minimum absolute atomic E-state index is 0.288. The molecular weight excluding hydrogens is 322 g/mol. The number of halogens is 2. The Morgan fingerprint density at radius 2 is 2.20 bits per heavy atom. The maximum Gasteiger partial charge on any atom is 0.0748 e. The van der Waals surface area contributed by atoms with Crippen LogP contribution in [0.25, 0.3) is 0 Å². The van der Waals surface area contributed by atoms with E-state index in [2.05, 4.69) is 50.2 Å². The molecular formula is C11H13Br2NO. The summed E-state index contributed by atoms with van der Waals surface area (Å²) in [5.74, 6) is 0. The Morgan fingerprint density at radius 1 is 1.40 bits per heavy atom. The van der Waals surface area contributed by atoms with Crippen LogP contribution in [0.15, 0.2) is 27.1 Å². The van der Waals surface area contributed by atoms with Crippen LogP contribution in [-0.2, 0) is 4.74 Å². The minimum atomic E-state index is 0.288. The van der Waals surface area contributed by atoms with Crippen LogP contribution in [0.3, 0.4) is 0 Å². The first-order chi connectivity index (χ1) is 7.16. The van der Waals surface area contributed by atoms with E-state index in [1.54, 1.807) is 0 Å². The lowest BCUT2D eigenvalue weighted by Crippen LogP contribution is -2.26. The third kappa shape index (κ3) is 2.74. The number of anilines is 1. The zero-order valence-corrected chi connectivity index (χ0v) is 11.6. The number of hydrogen-bond acceptors (Lipinski definition) is 2. The molecule has 1 aliphatic heterocycles. The Hall–Kier alpha value is -0.0600. The monoisotopic (exact) mass is 333 g/mol. The van der Waals surface area contributed by atoms with Crippen molar-refractivity contribution >= 4 is 37.5 Å². The van der Waals surface area contributed by atoms with Gasteiger partial charge in [-0.2, -0.15) is 0 Å². The lowest BCUT2D eigenvalue weighted by molar-refractivity contribution is 0.121. The minimum Gasteiger partial charge on any atom is -0.379 e. The highest BCUT2D eigenvalue weighted by molar-refractivity contribution is 9.11. The highest BCUT2D eigenvalue weighted by Gasteiger charge is 2.24. The maximum absolute atomic E-state index is 5.52. The predicted octanol–water partition coefficient (Wildman–Crippen LogP) is 3.80. The highest BCUT2D eigenvalue weighted by Crippen LogP contribution is 2.28. The van der Waals surface area contributed by atoms with Crippen LogP contribution in [0, 0.1) is 0 Å². The number of nitrogens with one attached hydrogen (secondary N) is 1. The Morgan fingerprint density at radius 3 is 2.87 bits per heavy atom. The molecule has 0 spiro atoms. The van der Waals surface area contributed by atoms with Gasteiger partial charge < -0.3 is 10.1 Å². The summed E-state index contributed by atoms with van der Waals surface area (Å²) >= 11 is 7.00. The van der Waals surface area contributed by atoms with Gasteiger partial charge in [0.25, 0.3) is 0 Å². The van der Waals surface area contributed by atoms with Crippen LogP contribution in [0.5, 0.6) is 0 Å². The van der Waals surface area contributed by atoms with Crippen molar-refractivity contribution in [3.05, 3.63) is 27.1 Å². The van der Waals surface area contributed by atoms with Gasteiger partial charge in [0, 0.05) is 21.2 Å². The molecule has 2 nitrogen and oxygen atoms in total. The fraction of sp³-hybridized carbons (Fsp3) is 0.455. The fourth-order valence-electron chi connectivity index (χ4n) is 1.73. The van der Waals surface area contributed by atoms with Crippen LogP contribution in [0.4, 0.5) is 5.69 Å². The zero-order valence-electron chi connectivity index (χ0n) is 8.47. The second kappa shape index (κ2) is 4.85. The number of rotatable bonds is 2. The average molecular weight is 335 g/mol. The van der Waals surface area contributed by atoms with Gasteiger partial charge in [-0.25, -0.2) is 0 Å². The normalized spacial score (nSPS) is 25.5. The summed E-state index contributed by atoms with van der Waals surface area (Å²) in [5, 5.41) is 3.50. The van der Waals surface area contributed by atoms with E-state index in [0.717, 1.165) is 27.7 Å². The summed E-state index contributed by atoms with van der Waals surface area (Å²) < 4.78 is 7.69. The van der Waals surface area contributed by atoms with E-state index in [9.17, 15) is 0 Å². The second-order valence-corrected chi connectivity index (χ2v) is 5.51. The van der Waals surface area contributed by atoms with Gasteiger partial charge in [0.2, 0.25) is 0 Å². The van der Waals surface area contributed by atoms with E-state index < -0.39 is 0 Å². The van der Waals surface area contributed by atoms with Crippen molar-refractivity contribution in [3.63, 3.8) is 0 Å². The van der Waals surface area contributed by atoms with Gasteiger partial charge in [0.05, 0.1) is 12.1 Å². The van der Waals surface area contributed by atoms with Crippen molar-refractivity contribution < 1.29 is 4.74 Å². The SMILES string of the molecule is CC1OCCC1Nc1cc(Br)ccc1Br. The van der Waals surface area contributed by atoms with Crippen molar-refractivity contribution in [3.8, 4) is 0 Å². The van der Waals surface area contributed by atoms with Crippen molar-refractivity contribution in [2.45, 2.75) is 25.5 Å². The van der Waals surface area contributed by atoms with E-state index in [-0.39, 0.29) is 6.10 Å². The summed E-state index contributed by atoms with van der Waals surface area (Å²) in [7, 11) is 0. The van der Waals surface area contributed by atoms with Crippen molar-refractivity contribution in [2.75, 3.05) is 11.9 Å². The Balaban J connectivity index is 2.12. The Bertz CT molecular complexity index is 356. The van der Waals surface area contributed by atoms with E-state index in [1.165, 1.54) is 0 Å². The molecule has 1 aromatic carbocycles. The molecule has 2 atom stereocenters.